The van der Waals surface area contributed by atoms with Crippen LogP contribution in [0.1, 0.15) is 0 Å². The maximum absolute atomic E-state index is 11.5. The van der Waals surface area contributed by atoms with Crippen LogP contribution in [0.15, 0.2) is 18.2 Å². The van der Waals surface area contributed by atoms with Gasteiger partial charge in [-0.3, -0.25) is 10.2 Å². The Bertz CT molecular complexity index is 460. The summed E-state index contributed by atoms with van der Waals surface area (Å²) in [6, 6.07) is 3.96. The number of urea groups is 1. The van der Waals surface area contributed by atoms with Gasteiger partial charge >= 0.3 is 6.03 Å². The average Bonchev–Trinajstić information content (AvgIpc) is 2.28. The van der Waals surface area contributed by atoms with Crippen molar-refractivity contribution in [2.45, 2.75) is 0 Å². The number of carbonyl (C=O) groups excluding carboxylic acids is 2. The number of nitrogen functional groups attached to an aromatic ring is 1. The zero-order chi connectivity index (χ0) is 11.7. The van der Waals surface area contributed by atoms with Gasteiger partial charge in [-0.25, -0.2) is 15.5 Å². The lowest BCUT2D eigenvalue weighted by Gasteiger charge is -2.27. The van der Waals surface area contributed by atoms with Crippen molar-refractivity contribution in [2.24, 2.45) is 5.84 Å². The number of amides is 3. The molecule has 7 heteroatoms. The van der Waals surface area contributed by atoms with Gasteiger partial charge in [0.05, 0.1) is 5.69 Å². The van der Waals surface area contributed by atoms with Crippen molar-refractivity contribution in [3.8, 4) is 5.75 Å². The van der Waals surface area contributed by atoms with Crippen molar-refractivity contribution in [1.29, 1.82) is 0 Å². The summed E-state index contributed by atoms with van der Waals surface area (Å²) in [7, 11) is 0. The number of ether oxygens (including phenoxy) is 1. The van der Waals surface area contributed by atoms with Crippen LogP contribution in [0.3, 0.4) is 0 Å². The molecule has 1 aliphatic rings. The molecule has 0 unspecified atom stereocenters. The number of carbonyl (C=O) groups is 2. The van der Waals surface area contributed by atoms with E-state index in [2.05, 4.69) is 0 Å². The van der Waals surface area contributed by atoms with E-state index in [1.807, 2.05) is 5.43 Å². The molecule has 1 aromatic carbocycles. The van der Waals surface area contributed by atoms with Gasteiger partial charge in [-0.15, -0.1) is 0 Å². The number of nitrogens with two attached hydrogens (primary N) is 2. The van der Waals surface area contributed by atoms with Crippen molar-refractivity contribution in [1.82, 2.24) is 5.43 Å². The minimum absolute atomic E-state index is 0.204. The average molecular weight is 222 g/mol. The summed E-state index contributed by atoms with van der Waals surface area (Å²) in [5.41, 5.74) is 8.18. The number of hydrogen-bond acceptors (Lipinski definition) is 5. The Morgan fingerprint density at radius 1 is 1.50 bits per heavy atom. The largest absolute Gasteiger partial charge is 0.482 e. The van der Waals surface area contributed by atoms with E-state index in [4.69, 9.17) is 16.3 Å². The Kier molecular flexibility index (Phi) is 2.37. The molecule has 84 valence electrons. The molecule has 0 spiro atoms. The molecule has 2 rings (SSSR count). The topological polar surface area (TPSA) is 111 Å². The summed E-state index contributed by atoms with van der Waals surface area (Å²) in [5, 5.41) is 0. The van der Waals surface area contributed by atoms with Crippen molar-refractivity contribution < 1.29 is 14.3 Å². The number of nitrogens with one attached hydrogen (secondary N) is 1. The molecule has 0 aromatic heterocycles. The second-order valence-corrected chi connectivity index (χ2v) is 3.19. The summed E-state index contributed by atoms with van der Waals surface area (Å²) in [6.45, 7) is -0.204. The fourth-order valence-electron chi connectivity index (χ4n) is 1.46. The Hall–Kier alpha value is -2.28. The third-order valence-electron chi connectivity index (χ3n) is 2.15. The Morgan fingerprint density at radius 3 is 2.94 bits per heavy atom. The van der Waals surface area contributed by atoms with E-state index < -0.39 is 11.9 Å². The first kappa shape index (κ1) is 10.2. The molecule has 0 atom stereocenters. The van der Waals surface area contributed by atoms with Crippen LogP contribution in [0.4, 0.5) is 16.2 Å². The maximum Gasteiger partial charge on any atom is 0.343 e. The van der Waals surface area contributed by atoms with Gasteiger partial charge in [0.1, 0.15) is 5.75 Å². The summed E-state index contributed by atoms with van der Waals surface area (Å²) in [6.07, 6.45) is 0. The summed E-state index contributed by atoms with van der Waals surface area (Å²) in [5.74, 6) is 4.91. The summed E-state index contributed by atoms with van der Waals surface area (Å²) in [4.78, 5) is 23.8. The number of hydrogen-bond donors (Lipinski definition) is 3. The van der Waals surface area contributed by atoms with E-state index in [-0.39, 0.29) is 6.61 Å². The second kappa shape index (κ2) is 3.70. The van der Waals surface area contributed by atoms with Crippen LogP contribution in [0, 0.1) is 0 Å². The number of anilines is 2. The molecular formula is C9H10N4O3. The molecule has 7 nitrogen and oxygen atoms in total. The van der Waals surface area contributed by atoms with Crippen molar-refractivity contribution in [2.75, 3.05) is 17.2 Å². The molecule has 0 aliphatic carbocycles. The monoisotopic (exact) mass is 222 g/mol. The molecule has 0 bridgehead atoms. The van der Waals surface area contributed by atoms with Gasteiger partial charge in [0.15, 0.2) is 6.61 Å². The first-order valence-corrected chi connectivity index (χ1v) is 4.49. The van der Waals surface area contributed by atoms with Crippen molar-refractivity contribution >= 4 is 23.3 Å². The first-order valence-electron chi connectivity index (χ1n) is 4.49. The van der Waals surface area contributed by atoms with Crippen LogP contribution >= 0.6 is 0 Å². The molecule has 0 saturated carbocycles. The highest BCUT2D eigenvalue weighted by molar-refractivity contribution is 6.16. The highest BCUT2D eigenvalue weighted by atomic mass is 16.5. The van der Waals surface area contributed by atoms with Gasteiger partial charge in [-0.2, -0.15) is 0 Å². The van der Waals surface area contributed by atoms with Crippen molar-refractivity contribution in [3.05, 3.63) is 18.2 Å². The predicted octanol–water partition coefficient (Wildman–Crippen LogP) is -0.422. The van der Waals surface area contributed by atoms with E-state index in [1.54, 1.807) is 12.1 Å². The van der Waals surface area contributed by atoms with Crippen molar-refractivity contribution in [3.63, 3.8) is 0 Å². The summed E-state index contributed by atoms with van der Waals surface area (Å²) < 4.78 is 5.15. The number of nitrogens with zero attached hydrogens (tertiary/aromatic N) is 1. The Labute approximate surface area is 90.9 Å². The molecule has 1 aromatic rings. The van der Waals surface area contributed by atoms with E-state index in [1.165, 1.54) is 6.07 Å². The minimum Gasteiger partial charge on any atom is -0.482 e. The SMILES string of the molecule is NNC(=O)N1C(=O)COc2ccc(N)cc21. The lowest BCUT2D eigenvalue weighted by atomic mass is 10.2. The molecule has 16 heavy (non-hydrogen) atoms. The third kappa shape index (κ3) is 1.52. The zero-order valence-electron chi connectivity index (χ0n) is 8.27. The lowest BCUT2D eigenvalue weighted by molar-refractivity contribution is -0.120. The number of rotatable bonds is 0. The fraction of sp³-hybridized carbons (Fsp3) is 0.111. The van der Waals surface area contributed by atoms with Gasteiger partial charge in [0.25, 0.3) is 5.91 Å². The first-order chi connectivity index (χ1) is 7.63. The molecule has 0 saturated heterocycles. The van der Waals surface area contributed by atoms with Crippen LogP contribution in [0.25, 0.3) is 0 Å². The molecular weight excluding hydrogens is 212 g/mol. The normalized spacial score (nSPS) is 14.1. The molecule has 1 aliphatic heterocycles. The van der Waals surface area contributed by atoms with E-state index in [0.717, 1.165) is 4.90 Å². The minimum atomic E-state index is -0.722. The third-order valence-corrected chi connectivity index (χ3v) is 2.15. The van der Waals surface area contributed by atoms with Crippen LogP contribution in [0.5, 0.6) is 5.75 Å². The van der Waals surface area contributed by atoms with E-state index in [9.17, 15) is 9.59 Å². The van der Waals surface area contributed by atoms with Gasteiger partial charge in [-0.1, -0.05) is 0 Å². The van der Waals surface area contributed by atoms with Gasteiger partial charge < -0.3 is 10.5 Å². The number of fused-ring (bicyclic) bond motifs is 1. The van der Waals surface area contributed by atoms with E-state index in [0.29, 0.717) is 17.1 Å². The molecule has 0 radical (unpaired) electrons. The van der Waals surface area contributed by atoms with Gasteiger partial charge in [0, 0.05) is 5.69 Å². The predicted molar refractivity (Wildman–Crippen MR) is 56.6 cm³/mol. The maximum atomic E-state index is 11.5. The van der Waals surface area contributed by atoms with Crippen LogP contribution in [-0.4, -0.2) is 18.5 Å². The Balaban J connectivity index is 2.50. The Morgan fingerprint density at radius 2 is 2.25 bits per heavy atom. The molecule has 3 amide bonds. The van der Waals surface area contributed by atoms with Crippen LogP contribution in [-0.2, 0) is 4.79 Å². The fourth-order valence-corrected chi connectivity index (χ4v) is 1.46. The standard InChI is InChI=1S/C9H10N4O3/c10-5-1-2-7-6(3-5)13(9(15)12-11)8(14)4-16-7/h1-3H,4,10-11H2,(H,12,15). The van der Waals surface area contributed by atoms with E-state index >= 15 is 0 Å². The highest BCUT2D eigenvalue weighted by Gasteiger charge is 2.30. The summed E-state index contributed by atoms with van der Waals surface area (Å²) >= 11 is 0. The second-order valence-electron chi connectivity index (χ2n) is 3.19. The molecule has 0 fully saturated rings. The quantitative estimate of drug-likeness (QED) is 0.239. The zero-order valence-corrected chi connectivity index (χ0v) is 8.27. The smallest absolute Gasteiger partial charge is 0.343 e. The van der Waals surface area contributed by atoms with Crippen LogP contribution < -0.4 is 26.6 Å². The number of hydrazine groups is 1. The number of imide groups is 1. The van der Waals surface area contributed by atoms with Gasteiger partial charge in [0.2, 0.25) is 0 Å². The molecule has 5 N–H and O–H groups in total. The van der Waals surface area contributed by atoms with Gasteiger partial charge in [-0.05, 0) is 18.2 Å². The van der Waals surface area contributed by atoms with Crippen LogP contribution in [0.2, 0.25) is 0 Å². The highest BCUT2D eigenvalue weighted by Crippen LogP contribution is 2.33. The number of benzene rings is 1. The lowest BCUT2D eigenvalue weighted by Crippen LogP contribution is -2.50. The molecule has 1 heterocycles.